The van der Waals surface area contributed by atoms with Crippen LogP contribution in [0, 0.1) is 5.92 Å². The lowest BCUT2D eigenvalue weighted by molar-refractivity contribution is -0.109. The van der Waals surface area contributed by atoms with Crippen LogP contribution in [0.4, 0.5) is 0 Å². The maximum absolute atomic E-state index is 10.9. The average molecular weight is 240 g/mol. The van der Waals surface area contributed by atoms with Crippen molar-refractivity contribution in [2.24, 2.45) is 5.92 Å². The summed E-state index contributed by atoms with van der Waals surface area (Å²) < 4.78 is 0. The Hall–Kier alpha value is -0.240. The van der Waals surface area contributed by atoms with Crippen molar-refractivity contribution in [2.45, 2.75) is 71.1 Å². The van der Waals surface area contributed by atoms with Crippen LogP contribution in [-0.4, -0.2) is 10.6 Å². The molecule has 1 nitrogen and oxygen atoms in total. The van der Waals surface area contributed by atoms with Crippen LogP contribution < -0.4 is 0 Å². The highest BCUT2D eigenvalue weighted by Gasteiger charge is 2.41. The molecule has 1 atom stereocenters. The second kappa shape index (κ2) is 7.94. The molecule has 1 aliphatic rings. The first kappa shape index (κ1) is 13.8. The second-order valence-corrected chi connectivity index (χ2v) is 5.34. The molecule has 2 heteroatoms. The molecule has 1 unspecified atom stereocenters. The summed E-state index contributed by atoms with van der Waals surface area (Å²) >= 11 is 4.90. The van der Waals surface area contributed by atoms with Crippen LogP contribution in [0.3, 0.4) is 0 Å². The first-order chi connectivity index (χ1) is 7.77. The van der Waals surface area contributed by atoms with E-state index in [1.807, 2.05) is 0 Å². The fraction of sp³-hybridized carbons (Fsp3) is 0.857. The van der Waals surface area contributed by atoms with Crippen molar-refractivity contribution in [3.05, 3.63) is 0 Å². The van der Waals surface area contributed by atoms with E-state index < -0.39 is 0 Å². The maximum Gasteiger partial charge on any atom is 0.178 e. The van der Waals surface area contributed by atoms with Crippen LogP contribution in [0.5, 0.6) is 0 Å². The first-order valence-corrected chi connectivity index (χ1v) is 7.26. The molecule has 0 N–H and O–H groups in total. The molecule has 0 amide bonds. The van der Waals surface area contributed by atoms with Crippen LogP contribution in [0.1, 0.15) is 71.1 Å². The summed E-state index contributed by atoms with van der Waals surface area (Å²) in [6.07, 6.45) is 13.1. The zero-order valence-electron chi connectivity index (χ0n) is 10.5. The molecule has 0 aromatic heterocycles. The van der Waals surface area contributed by atoms with Crippen LogP contribution >= 0.6 is 12.2 Å². The second-order valence-electron chi connectivity index (χ2n) is 4.90. The number of hydrogen-bond acceptors (Lipinski definition) is 2. The van der Waals surface area contributed by atoms with E-state index in [2.05, 4.69) is 6.92 Å². The smallest absolute Gasteiger partial charge is 0.178 e. The third-order valence-corrected chi connectivity index (χ3v) is 3.87. The molecule has 16 heavy (non-hydrogen) atoms. The fourth-order valence-electron chi connectivity index (χ4n) is 2.15. The lowest BCUT2D eigenvalue weighted by atomic mass is 10.1. The van der Waals surface area contributed by atoms with Crippen molar-refractivity contribution in [1.82, 2.24) is 0 Å². The summed E-state index contributed by atoms with van der Waals surface area (Å²) in [4.78, 5) is 11.7. The van der Waals surface area contributed by atoms with E-state index in [9.17, 15) is 4.79 Å². The molecule has 1 saturated carbocycles. The first-order valence-electron chi connectivity index (χ1n) is 6.85. The van der Waals surface area contributed by atoms with Gasteiger partial charge in [-0.1, -0.05) is 76.9 Å². The van der Waals surface area contributed by atoms with Gasteiger partial charge in [0.1, 0.15) is 0 Å². The van der Waals surface area contributed by atoms with Crippen LogP contribution in [0.2, 0.25) is 0 Å². The number of thiocarbonyl (C=S) groups is 1. The zero-order valence-corrected chi connectivity index (χ0v) is 11.3. The van der Waals surface area contributed by atoms with Gasteiger partial charge in [-0.3, -0.25) is 4.79 Å². The van der Waals surface area contributed by atoms with Crippen LogP contribution in [0.25, 0.3) is 0 Å². The molecule has 0 spiro atoms. The molecule has 0 aromatic rings. The van der Waals surface area contributed by atoms with Crippen LogP contribution in [0.15, 0.2) is 0 Å². The monoisotopic (exact) mass is 240 g/mol. The van der Waals surface area contributed by atoms with E-state index in [1.54, 1.807) is 0 Å². The molecular formula is C14H24OS. The van der Waals surface area contributed by atoms with Gasteiger partial charge in [-0.05, 0) is 6.42 Å². The third-order valence-electron chi connectivity index (χ3n) is 3.39. The number of hydrogen-bond donors (Lipinski definition) is 0. The van der Waals surface area contributed by atoms with Gasteiger partial charge in [-0.25, -0.2) is 0 Å². The lowest BCUT2D eigenvalue weighted by Crippen LogP contribution is -1.84. The number of Topliss-reactive ketones (excluding diaryl/α,β-unsaturated/α-hetero) is 1. The molecule has 1 aliphatic carbocycles. The van der Waals surface area contributed by atoms with E-state index in [0.29, 0.717) is 4.86 Å². The Bertz CT molecular complexity index is 221. The molecule has 0 heterocycles. The van der Waals surface area contributed by atoms with Gasteiger partial charge in [0, 0.05) is 0 Å². The Balaban J connectivity index is 1.75. The molecule has 1 fully saturated rings. The predicted molar refractivity (Wildman–Crippen MR) is 72.9 cm³/mol. The van der Waals surface area contributed by atoms with E-state index in [-0.39, 0.29) is 11.7 Å². The molecule has 0 saturated heterocycles. The Morgan fingerprint density at radius 2 is 1.38 bits per heavy atom. The number of ketones is 1. The van der Waals surface area contributed by atoms with Crippen molar-refractivity contribution in [3.63, 3.8) is 0 Å². The average Bonchev–Trinajstić information content (AvgIpc) is 2.85. The van der Waals surface area contributed by atoms with Gasteiger partial charge in [0.05, 0.1) is 10.8 Å². The maximum atomic E-state index is 10.9. The molecule has 92 valence electrons. The molecule has 1 rings (SSSR count). The van der Waals surface area contributed by atoms with Gasteiger partial charge >= 0.3 is 0 Å². The highest BCUT2D eigenvalue weighted by atomic mass is 32.1. The number of carbonyl (C=O) groups excluding carboxylic acids is 1. The molecule has 0 radical (unpaired) electrons. The van der Waals surface area contributed by atoms with Crippen molar-refractivity contribution in [3.8, 4) is 0 Å². The number of unbranched alkanes of at least 4 members (excludes halogenated alkanes) is 8. The molecule has 0 aromatic carbocycles. The van der Waals surface area contributed by atoms with E-state index in [0.717, 1.165) is 6.42 Å². The molecule has 0 bridgehead atoms. The fourth-order valence-corrected chi connectivity index (χ4v) is 2.45. The standard InChI is InChI=1S/C14H24OS/c1-2-3-4-5-6-7-8-9-10-11-12-13(15)14(12)16/h12H,2-11H2,1H3. The lowest BCUT2D eigenvalue weighted by Gasteiger charge is -2.00. The Morgan fingerprint density at radius 1 is 0.938 bits per heavy atom. The summed E-state index contributed by atoms with van der Waals surface area (Å²) in [5.41, 5.74) is 0. The minimum atomic E-state index is 0.180. The molecule has 0 aliphatic heterocycles. The zero-order chi connectivity index (χ0) is 11.8. The summed E-state index contributed by atoms with van der Waals surface area (Å²) in [7, 11) is 0. The Kier molecular flexibility index (Phi) is 6.86. The van der Waals surface area contributed by atoms with Gasteiger partial charge in [-0.15, -0.1) is 0 Å². The largest absolute Gasteiger partial charge is 0.293 e. The van der Waals surface area contributed by atoms with Gasteiger partial charge in [0.25, 0.3) is 0 Å². The Morgan fingerprint density at radius 3 is 1.81 bits per heavy atom. The van der Waals surface area contributed by atoms with Gasteiger partial charge in [0.2, 0.25) is 0 Å². The summed E-state index contributed by atoms with van der Waals surface area (Å²) in [5, 5.41) is 0. The van der Waals surface area contributed by atoms with Crippen molar-refractivity contribution < 1.29 is 4.79 Å². The predicted octanol–water partition coefficient (Wildman–Crippen LogP) is 4.48. The van der Waals surface area contributed by atoms with Crippen molar-refractivity contribution >= 4 is 22.9 Å². The topological polar surface area (TPSA) is 17.1 Å². The van der Waals surface area contributed by atoms with E-state index in [1.165, 1.54) is 57.8 Å². The van der Waals surface area contributed by atoms with E-state index in [4.69, 9.17) is 12.2 Å². The van der Waals surface area contributed by atoms with Gasteiger partial charge < -0.3 is 0 Å². The number of carbonyl (C=O) groups is 1. The molecular weight excluding hydrogens is 216 g/mol. The van der Waals surface area contributed by atoms with Gasteiger partial charge in [0.15, 0.2) is 5.78 Å². The van der Waals surface area contributed by atoms with Gasteiger partial charge in [-0.2, -0.15) is 0 Å². The number of rotatable bonds is 10. The van der Waals surface area contributed by atoms with Crippen LogP contribution in [-0.2, 0) is 4.79 Å². The minimum Gasteiger partial charge on any atom is -0.293 e. The summed E-state index contributed by atoms with van der Waals surface area (Å²) in [6, 6.07) is 0. The summed E-state index contributed by atoms with van der Waals surface area (Å²) in [6.45, 7) is 2.25. The minimum absolute atomic E-state index is 0.180. The van der Waals surface area contributed by atoms with Crippen molar-refractivity contribution in [1.29, 1.82) is 0 Å². The summed E-state index contributed by atoms with van der Waals surface area (Å²) in [5.74, 6) is 0.425. The normalized spacial score (nSPS) is 19.2. The SMILES string of the molecule is CCCCCCCCCCCC1C(=O)C1=S. The quantitative estimate of drug-likeness (QED) is 0.414. The highest BCUT2D eigenvalue weighted by Crippen LogP contribution is 2.27. The Labute approximate surface area is 105 Å². The van der Waals surface area contributed by atoms with Crippen molar-refractivity contribution in [2.75, 3.05) is 0 Å². The third kappa shape index (κ3) is 5.20. The highest BCUT2D eigenvalue weighted by molar-refractivity contribution is 7.83. The van der Waals surface area contributed by atoms with E-state index >= 15 is 0 Å².